The van der Waals surface area contributed by atoms with Gasteiger partial charge in [0.2, 0.25) is 0 Å². The van der Waals surface area contributed by atoms with Crippen LogP contribution in [-0.4, -0.2) is 5.11 Å². The van der Waals surface area contributed by atoms with E-state index in [4.69, 9.17) is 10.2 Å². The lowest BCUT2D eigenvalue weighted by molar-refractivity contribution is 0.481. The van der Waals surface area contributed by atoms with E-state index < -0.39 is 0 Å². The van der Waals surface area contributed by atoms with E-state index in [1.165, 1.54) is 0 Å². The van der Waals surface area contributed by atoms with E-state index in [-0.39, 0.29) is 5.75 Å². The number of aromatic hydroxyl groups is 1. The monoisotopic (exact) mass is 177 g/mol. The summed E-state index contributed by atoms with van der Waals surface area (Å²) >= 11 is 0. The molecule has 0 fully saturated rings. The molecule has 0 saturated carbocycles. The molecule has 0 saturated heterocycles. The molecule has 1 aromatic carbocycles. The number of phenols is 1. The van der Waals surface area contributed by atoms with Crippen molar-refractivity contribution in [3.8, 4) is 5.75 Å². The fraction of sp³-hybridized carbons (Fsp3) is 0.200. The number of hydrogen-bond donors (Lipinski definition) is 2. The van der Waals surface area contributed by atoms with Gasteiger partial charge in [-0.25, -0.2) is 0 Å². The number of anilines is 1. The summed E-state index contributed by atoms with van der Waals surface area (Å²) in [6, 6.07) is 3.22. The molecule has 0 aliphatic carbocycles. The summed E-state index contributed by atoms with van der Waals surface area (Å²) in [6.45, 7) is 3.76. The number of benzene rings is 1. The molecule has 0 unspecified atom stereocenters. The number of aryl methyl sites for hydroxylation is 2. The number of fused-ring (bicyclic) bond motifs is 1. The van der Waals surface area contributed by atoms with Gasteiger partial charge in [0.25, 0.3) is 0 Å². The van der Waals surface area contributed by atoms with E-state index in [9.17, 15) is 5.11 Å². The Morgan fingerprint density at radius 1 is 1.31 bits per heavy atom. The third-order valence-electron chi connectivity index (χ3n) is 2.32. The van der Waals surface area contributed by atoms with Gasteiger partial charge in [-0.2, -0.15) is 0 Å². The van der Waals surface area contributed by atoms with Crippen LogP contribution in [0.5, 0.6) is 5.75 Å². The van der Waals surface area contributed by atoms with Gasteiger partial charge in [0.15, 0.2) is 5.58 Å². The third kappa shape index (κ3) is 0.967. The standard InChI is InChI=1S/C10H11NO2/c1-5-6(2)13-10-7(11)3-4-8(12)9(5)10/h3-4,12H,11H2,1-2H3. The molecule has 3 N–H and O–H groups in total. The molecule has 0 radical (unpaired) electrons. The van der Waals surface area contributed by atoms with Gasteiger partial charge < -0.3 is 15.3 Å². The predicted molar refractivity (Wildman–Crippen MR) is 51.8 cm³/mol. The number of furan rings is 1. The Balaban J connectivity index is 3.00. The lowest BCUT2D eigenvalue weighted by atomic mass is 10.1. The average Bonchev–Trinajstić information content (AvgIpc) is 2.38. The zero-order chi connectivity index (χ0) is 9.59. The number of rotatable bonds is 0. The molecule has 0 atom stereocenters. The van der Waals surface area contributed by atoms with Crippen molar-refractivity contribution in [3.05, 3.63) is 23.5 Å². The van der Waals surface area contributed by atoms with E-state index in [1.54, 1.807) is 12.1 Å². The van der Waals surface area contributed by atoms with Crippen molar-refractivity contribution in [3.63, 3.8) is 0 Å². The largest absolute Gasteiger partial charge is 0.507 e. The molecule has 2 aromatic rings. The summed E-state index contributed by atoms with van der Waals surface area (Å²) in [5.41, 5.74) is 7.78. The summed E-state index contributed by atoms with van der Waals surface area (Å²) in [4.78, 5) is 0. The van der Waals surface area contributed by atoms with Crippen LogP contribution in [0.15, 0.2) is 16.5 Å². The molecule has 2 rings (SSSR count). The highest BCUT2D eigenvalue weighted by Crippen LogP contribution is 2.35. The van der Waals surface area contributed by atoms with Crippen LogP contribution in [0.25, 0.3) is 11.0 Å². The topological polar surface area (TPSA) is 59.4 Å². The Morgan fingerprint density at radius 3 is 2.62 bits per heavy atom. The minimum Gasteiger partial charge on any atom is -0.507 e. The van der Waals surface area contributed by atoms with E-state index in [0.717, 1.165) is 16.7 Å². The van der Waals surface area contributed by atoms with Crippen molar-refractivity contribution in [2.75, 3.05) is 5.73 Å². The Bertz CT molecular complexity index is 471. The van der Waals surface area contributed by atoms with Crippen LogP contribution in [0, 0.1) is 13.8 Å². The molecule has 0 amide bonds. The fourth-order valence-corrected chi connectivity index (χ4v) is 1.47. The van der Waals surface area contributed by atoms with Crippen molar-refractivity contribution < 1.29 is 9.52 Å². The van der Waals surface area contributed by atoms with Crippen molar-refractivity contribution in [1.29, 1.82) is 0 Å². The summed E-state index contributed by atoms with van der Waals surface area (Å²) in [6.07, 6.45) is 0. The highest BCUT2D eigenvalue weighted by atomic mass is 16.3. The summed E-state index contributed by atoms with van der Waals surface area (Å²) in [5.74, 6) is 1.02. The van der Waals surface area contributed by atoms with Crippen molar-refractivity contribution >= 4 is 16.7 Å². The maximum absolute atomic E-state index is 9.57. The molecule has 1 aromatic heterocycles. The summed E-state index contributed by atoms with van der Waals surface area (Å²) in [5, 5.41) is 10.3. The number of nitrogens with two attached hydrogens (primary N) is 1. The van der Waals surface area contributed by atoms with E-state index in [2.05, 4.69) is 0 Å². The molecule has 0 aliphatic heterocycles. The predicted octanol–water partition coefficient (Wildman–Crippen LogP) is 2.34. The van der Waals surface area contributed by atoms with Crippen LogP contribution in [-0.2, 0) is 0 Å². The quantitative estimate of drug-likeness (QED) is 0.479. The second kappa shape index (κ2) is 2.42. The van der Waals surface area contributed by atoms with Gasteiger partial charge in [-0.15, -0.1) is 0 Å². The maximum atomic E-state index is 9.57. The first kappa shape index (κ1) is 7.98. The van der Waals surface area contributed by atoms with Crippen LogP contribution in [0.4, 0.5) is 5.69 Å². The highest BCUT2D eigenvalue weighted by molar-refractivity contribution is 5.95. The number of nitrogen functional groups attached to an aromatic ring is 1. The fourth-order valence-electron chi connectivity index (χ4n) is 1.47. The third-order valence-corrected chi connectivity index (χ3v) is 2.32. The molecule has 3 nitrogen and oxygen atoms in total. The van der Waals surface area contributed by atoms with Gasteiger partial charge >= 0.3 is 0 Å². The van der Waals surface area contributed by atoms with E-state index >= 15 is 0 Å². The summed E-state index contributed by atoms with van der Waals surface area (Å²) in [7, 11) is 0. The Kier molecular flexibility index (Phi) is 1.49. The molecule has 0 aliphatic rings. The molecule has 13 heavy (non-hydrogen) atoms. The van der Waals surface area contributed by atoms with Crippen LogP contribution in [0.3, 0.4) is 0 Å². The van der Waals surface area contributed by atoms with Gasteiger partial charge in [-0.05, 0) is 26.0 Å². The Labute approximate surface area is 75.8 Å². The molecule has 1 heterocycles. The van der Waals surface area contributed by atoms with Gasteiger partial charge in [0, 0.05) is 5.56 Å². The van der Waals surface area contributed by atoms with Crippen LogP contribution < -0.4 is 5.73 Å². The lowest BCUT2D eigenvalue weighted by Crippen LogP contribution is -1.84. The second-order valence-electron chi connectivity index (χ2n) is 3.16. The first-order valence-corrected chi connectivity index (χ1v) is 4.08. The molecule has 68 valence electrons. The van der Waals surface area contributed by atoms with E-state index in [0.29, 0.717) is 11.3 Å². The van der Waals surface area contributed by atoms with Gasteiger partial charge in [-0.3, -0.25) is 0 Å². The van der Waals surface area contributed by atoms with Crippen LogP contribution in [0.1, 0.15) is 11.3 Å². The minimum atomic E-state index is 0.221. The zero-order valence-electron chi connectivity index (χ0n) is 7.59. The zero-order valence-corrected chi connectivity index (χ0v) is 7.59. The average molecular weight is 177 g/mol. The first-order chi connectivity index (χ1) is 6.11. The Hall–Kier alpha value is -1.64. The highest BCUT2D eigenvalue weighted by Gasteiger charge is 2.12. The summed E-state index contributed by atoms with van der Waals surface area (Å²) < 4.78 is 5.43. The normalized spacial score (nSPS) is 10.9. The molecular formula is C10H11NO2. The van der Waals surface area contributed by atoms with Crippen LogP contribution in [0.2, 0.25) is 0 Å². The maximum Gasteiger partial charge on any atom is 0.161 e. The van der Waals surface area contributed by atoms with Gasteiger partial charge in [-0.1, -0.05) is 0 Å². The van der Waals surface area contributed by atoms with E-state index in [1.807, 2.05) is 13.8 Å². The number of hydrogen-bond acceptors (Lipinski definition) is 3. The molecular weight excluding hydrogens is 166 g/mol. The second-order valence-corrected chi connectivity index (χ2v) is 3.16. The minimum absolute atomic E-state index is 0.221. The SMILES string of the molecule is Cc1oc2c(N)ccc(O)c2c1C. The van der Waals surface area contributed by atoms with Crippen molar-refractivity contribution in [2.45, 2.75) is 13.8 Å². The van der Waals surface area contributed by atoms with Crippen molar-refractivity contribution in [2.24, 2.45) is 0 Å². The lowest BCUT2D eigenvalue weighted by Gasteiger charge is -1.97. The van der Waals surface area contributed by atoms with Gasteiger partial charge in [0.05, 0.1) is 11.1 Å². The molecule has 0 spiro atoms. The smallest absolute Gasteiger partial charge is 0.161 e. The van der Waals surface area contributed by atoms with Crippen LogP contribution >= 0.6 is 0 Å². The number of phenolic OH excluding ortho intramolecular Hbond substituents is 1. The molecule has 0 bridgehead atoms. The Morgan fingerprint density at radius 2 is 2.00 bits per heavy atom. The first-order valence-electron chi connectivity index (χ1n) is 4.08. The molecule has 3 heteroatoms. The van der Waals surface area contributed by atoms with Gasteiger partial charge in [0.1, 0.15) is 11.5 Å². The van der Waals surface area contributed by atoms with Crippen molar-refractivity contribution in [1.82, 2.24) is 0 Å².